The minimum atomic E-state index is 0.617. The van der Waals surface area contributed by atoms with Crippen molar-refractivity contribution in [3.05, 3.63) is 16.1 Å². The third-order valence-electron chi connectivity index (χ3n) is 1.73. The molecule has 1 aromatic heterocycles. The highest BCUT2D eigenvalue weighted by molar-refractivity contribution is 7.11. The maximum absolute atomic E-state index is 4.35. The van der Waals surface area contributed by atoms with Gasteiger partial charge in [0.25, 0.3) is 0 Å². The van der Waals surface area contributed by atoms with E-state index < -0.39 is 0 Å². The molecule has 3 heteroatoms. The van der Waals surface area contributed by atoms with Crippen molar-refractivity contribution in [1.82, 2.24) is 10.3 Å². The average molecular weight is 184 g/mol. The molecule has 0 atom stereocenters. The maximum Gasteiger partial charge on any atom is 0.0940 e. The summed E-state index contributed by atoms with van der Waals surface area (Å²) in [5.41, 5.74) is 0. The van der Waals surface area contributed by atoms with Crippen LogP contribution < -0.4 is 5.32 Å². The molecule has 12 heavy (non-hydrogen) atoms. The Morgan fingerprint density at radius 1 is 1.58 bits per heavy atom. The molecule has 0 saturated heterocycles. The van der Waals surface area contributed by atoms with Gasteiger partial charge in [-0.2, -0.15) is 0 Å². The van der Waals surface area contributed by atoms with Gasteiger partial charge in [-0.05, 0) is 13.0 Å². The van der Waals surface area contributed by atoms with E-state index in [0.29, 0.717) is 5.92 Å². The van der Waals surface area contributed by atoms with Gasteiger partial charge in [0.2, 0.25) is 0 Å². The summed E-state index contributed by atoms with van der Waals surface area (Å²) < 4.78 is 0. The molecule has 0 aliphatic carbocycles. The molecule has 0 fully saturated rings. The number of likely N-dealkylation sites (N-methyl/N-ethyl adjacent to an activating group) is 1. The molecule has 0 amide bonds. The molecule has 1 heterocycles. The highest BCUT2D eigenvalue weighted by Crippen LogP contribution is 2.21. The molecule has 0 unspecified atom stereocenters. The maximum atomic E-state index is 4.35. The van der Waals surface area contributed by atoms with Crippen LogP contribution in [0.1, 0.15) is 29.7 Å². The molecule has 2 nitrogen and oxygen atoms in total. The molecule has 1 aromatic rings. The van der Waals surface area contributed by atoms with E-state index in [0.717, 1.165) is 13.0 Å². The monoisotopic (exact) mass is 184 g/mol. The average Bonchev–Trinajstić information content (AvgIpc) is 2.48. The fourth-order valence-corrected chi connectivity index (χ4v) is 1.86. The van der Waals surface area contributed by atoms with Crippen LogP contribution >= 0.6 is 11.3 Å². The third kappa shape index (κ3) is 2.57. The molecule has 0 bridgehead atoms. The molecule has 0 aliphatic rings. The minimum absolute atomic E-state index is 0.617. The molecule has 68 valence electrons. The van der Waals surface area contributed by atoms with Gasteiger partial charge in [-0.25, -0.2) is 4.98 Å². The van der Waals surface area contributed by atoms with Crippen molar-refractivity contribution >= 4 is 11.3 Å². The van der Waals surface area contributed by atoms with Gasteiger partial charge in [0, 0.05) is 24.0 Å². The number of nitrogens with one attached hydrogen (secondary N) is 1. The van der Waals surface area contributed by atoms with Crippen LogP contribution in [0.2, 0.25) is 0 Å². The summed E-state index contributed by atoms with van der Waals surface area (Å²) in [7, 11) is 1.97. The predicted molar refractivity (Wildman–Crippen MR) is 53.8 cm³/mol. The lowest BCUT2D eigenvalue weighted by Crippen LogP contribution is -2.09. The molecular weight excluding hydrogens is 168 g/mol. The van der Waals surface area contributed by atoms with Crippen molar-refractivity contribution in [2.45, 2.75) is 26.2 Å². The standard InChI is InChI=1S/C9H16N2S/c1-7(2)8-6-11-9(12-8)4-5-10-3/h6-7,10H,4-5H2,1-3H3. The van der Waals surface area contributed by atoms with Crippen LogP contribution in [-0.4, -0.2) is 18.6 Å². The molecule has 0 aliphatic heterocycles. The Morgan fingerprint density at radius 3 is 2.83 bits per heavy atom. The predicted octanol–water partition coefficient (Wildman–Crippen LogP) is 2.03. The summed E-state index contributed by atoms with van der Waals surface area (Å²) in [5, 5.41) is 4.36. The van der Waals surface area contributed by atoms with E-state index in [-0.39, 0.29) is 0 Å². The number of hydrogen-bond donors (Lipinski definition) is 1. The largest absolute Gasteiger partial charge is 0.319 e. The lowest BCUT2D eigenvalue weighted by molar-refractivity contribution is 0.787. The van der Waals surface area contributed by atoms with E-state index in [2.05, 4.69) is 24.1 Å². The van der Waals surface area contributed by atoms with Crippen molar-refractivity contribution in [2.24, 2.45) is 0 Å². The highest BCUT2D eigenvalue weighted by atomic mass is 32.1. The van der Waals surface area contributed by atoms with Crippen molar-refractivity contribution in [3.63, 3.8) is 0 Å². The summed E-state index contributed by atoms with van der Waals surface area (Å²) in [4.78, 5) is 5.74. The van der Waals surface area contributed by atoms with Crippen LogP contribution in [0.25, 0.3) is 0 Å². The molecule has 0 radical (unpaired) electrons. The van der Waals surface area contributed by atoms with Crippen molar-refractivity contribution in [2.75, 3.05) is 13.6 Å². The molecule has 0 spiro atoms. The number of rotatable bonds is 4. The topological polar surface area (TPSA) is 24.9 Å². The Balaban J connectivity index is 2.52. The van der Waals surface area contributed by atoms with Gasteiger partial charge in [-0.3, -0.25) is 0 Å². The second kappa shape index (κ2) is 4.58. The van der Waals surface area contributed by atoms with Crippen LogP contribution in [0.5, 0.6) is 0 Å². The van der Waals surface area contributed by atoms with Crippen LogP contribution in [0.3, 0.4) is 0 Å². The number of thiazole rings is 1. The number of nitrogens with zero attached hydrogens (tertiary/aromatic N) is 1. The van der Waals surface area contributed by atoms with E-state index in [4.69, 9.17) is 0 Å². The van der Waals surface area contributed by atoms with Gasteiger partial charge in [0.15, 0.2) is 0 Å². The van der Waals surface area contributed by atoms with Crippen molar-refractivity contribution in [3.8, 4) is 0 Å². The van der Waals surface area contributed by atoms with Crippen LogP contribution in [0, 0.1) is 0 Å². The first-order valence-electron chi connectivity index (χ1n) is 4.33. The van der Waals surface area contributed by atoms with Crippen molar-refractivity contribution in [1.29, 1.82) is 0 Å². The van der Waals surface area contributed by atoms with E-state index in [1.165, 1.54) is 9.88 Å². The lowest BCUT2D eigenvalue weighted by Gasteiger charge is -1.96. The van der Waals surface area contributed by atoms with Crippen molar-refractivity contribution < 1.29 is 0 Å². The van der Waals surface area contributed by atoms with E-state index in [9.17, 15) is 0 Å². The molecule has 1 rings (SSSR count). The molecule has 1 N–H and O–H groups in total. The second-order valence-corrected chi connectivity index (χ2v) is 4.31. The van der Waals surface area contributed by atoms with E-state index in [1.807, 2.05) is 24.6 Å². The highest BCUT2D eigenvalue weighted by Gasteiger charge is 2.04. The summed E-state index contributed by atoms with van der Waals surface area (Å²) in [6.45, 7) is 5.43. The fourth-order valence-electron chi connectivity index (χ4n) is 0.939. The minimum Gasteiger partial charge on any atom is -0.319 e. The van der Waals surface area contributed by atoms with E-state index >= 15 is 0 Å². The van der Waals surface area contributed by atoms with Crippen LogP contribution in [-0.2, 0) is 6.42 Å². The Bertz CT molecular complexity index is 230. The first kappa shape index (κ1) is 9.68. The third-order valence-corrected chi connectivity index (χ3v) is 3.09. The van der Waals surface area contributed by atoms with E-state index in [1.54, 1.807) is 0 Å². The quantitative estimate of drug-likeness (QED) is 0.774. The van der Waals surface area contributed by atoms with Gasteiger partial charge in [-0.15, -0.1) is 11.3 Å². The van der Waals surface area contributed by atoms with Crippen LogP contribution in [0.15, 0.2) is 6.20 Å². The SMILES string of the molecule is CNCCc1ncc(C(C)C)s1. The van der Waals surface area contributed by atoms with Gasteiger partial charge in [-0.1, -0.05) is 13.8 Å². The second-order valence-electron chi connectivity index (χ2n) is 3.16. The number of aromatic nitrogens is 1. The fraction of sp³-hybridized carbons (Fsp3) is 0.667. The van der Waals surface area contributed by atoms with Crippen LogP contribution in [0.4, 0.5) is 0 Å². The summed E-state index contributed by atoms with van der Waals surface area (Å²) in [6, 6.07) is 0. The molecule has 0 aromatic carbocycles. The smallest absolute Gasteiger partial charge is 0.0940 e. The molecular formula is C9H16N2S. The molecule has 0 saturated carbocycles. The normalized spacial score (nSPS) is 11.0. The Morgan fingerprint density at radius 2 is 2.33 bits per heavy atom. The first-order chi connectivity index (χ1) is 5.74. The zero-order chi connectivity index (χ0) is 8.97. The number of hydrogen-bond acceptors (Lipinski definition) is 3. The summed E-state index contributed by atoms with van der Waals surface area (Å²) >= 11 is 1.83. The van der Waals surface area contributed by atoms with Gasteiger partial charge < -0.3 is 5.32 Å². The van der Waals surface area contributed by atoms with Gasteiger partial charge in [0.1, 0.15) is 0 Å². The zero-order valence-electron chi connectivity index (χ0n) is 7.92. The zero-order valence-corrected chi connectivity index (χ0v) is 8.74. The van der Waals surface area contributed by atoms with Gasteiger partial charge >= 0.3 is 0 Å². The summed E-state index contributed by atoms with van der Waals surface area (Å²) in [5.74, 6) is 0.617. The van der Waals surface area contributed by atoms with Gasteiger partial charge in [0.05, 0.1) is 5.01 Å². The summed E-state index contributed by atoms with van der Waals surface area (Å²) in [6.07, 6.45) is 3.05. The Kier molecular flexibility index (Phi) is 3.69. The lowest BCUT2D eigenvalue weighted by atomic mass is 10.2. The Hall–Kier alpha value is -0.410. The first-order valence-corrected chi connectivity index (χ1v) is 5.15. The Labute approximate surface area is 78.0 Å².